The van der Waals surface area contributed by atoms with Gasteiger partial charge in [0.1, 0.15) is 54.8 Å². The van der Waals surface area contributed by atoms with Crippen LogP contribution in [0.5, 0.6) is 0 Å². The van der Waals surface area contributed by atoms with E-state index in [0.29, 0.717) is 12.8 Å². The predicted molar refractivity (Wildman–Crippen MR) is 410 cm³/mol. The molecule has 0 aromatic carbocycles. The van der Waals surface area contributed by atoms with Crippen LogP contribution < -0.4 is 16.0 Å². The topological polar surface area (TPSA) is 374 Å². The summed E-state index contributed by atoms with van der Waals surface area (Å²) in [5.74, 6) is -4.12. The highest BCUT2D eigenvalue weighted by Gasteiger charge is 2.57. The molecule has 3 saturated heterocycles. The Morgan fingerprint density at radius 3 is 1.06 bits per heavy atom. The monoisotopic (exact) mass is 1530 g/mol. The van der Waals surface area contributed by atoms with Crippen LogP contribution in [0.25, 0.3) is 0 Å². The number of aliphatic hydroxyl groups is 5. The second kappa shape index (κ2) is 49.2. The van der Waals surface area contributed by atoms with Gasteiger partial charge >= 0.3 is 21.6 Å². The van der Waals surface area contributed by atoms with Crippen molar-refractivity contribution in [3.05, 3.63) is 128 Å². The minimum atomic E-state index is -5.76. The lowest BCUT2D eigenvalue weighted by molar-refractivity contribution is -0.348. The normalized spacial score (nSPS) is 27.7. The van der Waals surface area contributed by atoms with Gasteiger partial charge in [-0.25, -0.2) is 13.9 Å². The fourth-order valence-electron chi connectivity index (χ4n) is 12.4. The van der Waals surface area contributed by atoms with Crippen molar-refractivity contribution in [1.29, 1.82) is 0 Å². The molecule has 25 nitrogen and oxygen atoms in total. The maximum Gasteiger partial charge on any atom is 0.483 e. The van der Waals surface area contributed by atoms with Crippen LogP contribution in [0.4, 0.5) is 0 Å². The number of hydrogen-bond acceptors (Lipinski definition) is 19. The molecule has 0 aromatic rings. The summed E-state index contributed by atoms with van der Waals surface area (Å²) in [7, 11) is -11.2. The lowest BCUT2D eigenvalue weighted by Gasteiger charge is -2.49. The van der Waals surface area contributed by atoms with E-state index in [0.717, 1.165) is 142 Å². The average Bonchev–Trinajstić information content (AvgIpc) is 0.768. The molecule has 3 amide bonds. The van der Waals surface area contributed by atoms with E-state index in [4.69, 9.17) is 32.7 Å². The van der Waals surface area contributed by atoms with Crippen molar-refractivity contribution in [3.63, 3.8) is 0 Å². The number of carbonyl (C=O) groups is 4. The Morgan fingerprint density at radius 1 is 0.396 bits per heavy atom. The molecule has 0 bridgehead atoms. The molecule has 602 valence electrons. The van der Waals surface area contributed by atoms with Crippen molar-refractivity contribution in [2.75, 3.05) is 13.2 Å². The zero-order chi connectivity index (χ0) is 79.4. The third kappa shape index (κ3) is 37.5. The third-order valence-corrected chi connectivity index (χ3v) is 21.3. The highest BCUT2D eigenvalue weighted by atomic mass is 31.3. The lowest BCUT2D eigenvalue weighted by Crippen LogP contribution is -2.71. The molecule has 3 rings (SSSR count). The van der Waals surface area contributed by atoms with E-state index in [9.17, 15) is 68.7 Å². The summed E-state index contributed by atoms with van der Waals surface area (Å²) in [5.41, 5.74) is 15.0. The second-order valence-corrected chi connectivity index (χ2v) is 32.1. The molecular weight excluding hydrogens is 1400 g/mol. The first-order chi connectivity index (χ1) is 49.8. The molecule has 3 fully saturated rings. The van der Waals surface area contributed by atoms with Crippen LogP contribution in [0.1, 0.15) is 239 Å². The Morgan fingerprint density at radius 2 is 0.717 bits per heavy atom. The van der Waals surface area contributed by atoms with Gasteiger partial charge in [0.2, 0.25) is 17.7 Å². The number of phosphoric acid groups is 2. The average molecular weight is 1530 g/mol. The quantitative estimate of drug-likeness (QED) is 0.0199. The third-order valence-electron chi connectivity index (χ3n) is 18.7. The molecule has 3 heterocycles. The van der Waals surface area contributed by atoms with E-state index in [1.165, 1.54) is 68.7 Å². The molecular formula is C79H129N3O22P2. The van der Waals surface area contributed by atoms with Crippen LogP contribution in [0.15, 0.2) is 128 Å². The Kier molecular flexibility index (Phi) is 44.1. The number of rotatable bonds is 46. The number of allylic oxidation sites excluding steroid dienone is 21. The number of aliphatic carboxylic acids is 1. The number of hydrogen-bond donors (Lipinski definition) is 11. The van der Waals surface area contributed by atoms with Crippen molar-refractivity contribution < 1.29 is 106 Å². The minimum absolute atomic E-state index is 0.533. The molecule has 3 unspecified atom stereocenters. The number of nitrogens with one attached hydrogen (secondary N) is 3. The Bertz CT molecular complexity index is 3250. The predicted octanol–water partition coefficient (Wildman–Crippen LogP) is 13.5. The summed E-state index contributed by atoms with van der Waals surface area (Å²) < 4.78 is 69.5. The van der Waals surface area contributed by atoms with Crippen molar-refractivity contribution in [3.8, 4) is 0 Å². The molecule has 106 heavy (non-hydrogen) atoms. The molecule has 0 spiro atoms. The van der Waals surface area contributed by atoms with Crippen LogP contribution in [0.3, 0.4) is 0 Å². The number of aliphatic hydroxyl groups excluding tert-OH is 5. The maximum absolute atomic E-state index is 13.3. The summed E-state index contributed by atoms with van der Waals surface area (Å²) in [4.78, 5) is 70.7. The van der Waals surface area contributed by atoms with Gasteiger partial charge in [-0.1, -0.05) is 128 Å². The summed E-state index contributed by atoms with van der Waals surface area (Å²) in [6.07, 6.45) is 22.4. The number of carbonyl (C=O) groups excluding carboxylic acids is 3. The highest BCUT2D eigenvalue weighted by molar-refractivity contribution is 7.61. The van der Waals surface area contributed by atoms with E-state index < -0.39 is 144 Å². The molecule has 17 atom stereocenters. The second-order valence-electron chi connectivity index (χ2n) is 29.1. The first kappa shape index (κ1) is 95.1. The van der Waals surface area contributed by atoms with Gasteiger partial charge < -0.3 is 80.1 Å². The smallest absolute Gasteiger partial charge is 0.479 e. The van der Waals surface area contributed by atoms with Crippen molar-refractivity contribution >= 4 is 39.3 Å². The van der Waals surface area contributed by atoms with Crippen molar-refractivity contribution in [2.24, 2.45) is 0 Å². The highest BCUT2D eigenvalue weighted by Crippen LogP contribution is 2.61. The van der Waals surface area contributed by atoms with Gasteiger partial charge in [0.05, 0.1) is 25.4 Å². The SMILES string of the molecule is CC(=O)NC1[C@@H](C)O[C@H](O[C@H]2[C@H](O)[C@H](NC(C)=O)[C@H](O[C@H]3[C@H](O)[C@@H](NC(C)=O)[C@@H](OP(=O)(O)OP(=O)(O)OCC=C(C)CCC=C(C)CCC=C(C)CCC=C(C)CCC=C(C)CCC=C(C)CCC=C(C)CCC=C(C)CCC=C(C)CCC=C(C)CCC=C(C)C)O[C@@H]3CO)O[C@@H]2C(=O)O)[C@H](O)[C@H]1O. The van der Waals surface area contributed by atoms with Gasteiger partial charge in [0.25, 0.3) is 0 Å². The van der Waals surface area contributed by atoms with E-state index in [-0.39, 0.29) is 0 Å². The van der Waals surface area contributed by atoms with Crippen LogP contribution in [-0.2, 0) is 65.4 Å². The molecule has 3 aliphatic rings. The zero-order valence-electron chi connectivity index (χ0n) is 65.8. The largest absolute Gasteiger partial charge is 0.483 e. The fraction of sp³-hybridized carbons (Fsp3) is 0.671. The molecule has 0 saturated carbocycles. The molecule has 3 aliphatic heterocycles. The van der Waals surface area contributed by atoms with Gasteiger partial charge in [-0.2, -0.15) is 4.31 Å². The van der Waals surface area contributed by atoms with E-state index >= 15 is 0 Å². The number of carboxylic acids is 1. The summed E-state index contributed by atoms with van der Waals surface area (Å²) in [6, 6.07) is -4.87. The number of carboxylic acid groups (broad SMARTS) is 1. The molecule has 0 aliphatic carbocycles. The van der Waals surface area contributed by atoms with E-state index in [2.05, 4.69) is 157 Å². The van der Waals surface area contributed by atoms with Gasteiger partial charge in [0, 0.05) is 20.8 Å². The lowest BCUT2D eigenvalue weighted by atomic mass is 9.93. The molecule has 0 radical (unpaired) electrons. The van der Waals surface area contributed by atoms with Crippen LogP contribution in [0, 0.1) is 0 Å². The maximum atomic E-state index is 13.3. The van der Waals surface area contributed by atoms with Gasteiger partial charge in [-0.05, 0) is 218 Å². The standard InChI is InChI=1S/C79H129N3O22P2/c1-50(2)27-17-28-51(3)29-18-30-52(4)31-19-32-53(5)33-20-34-54(6)35-21-36-55(7)37-22-38-56(8)39-23-40-57(9)41-24-42-58(10)43-25-44-59(11)45-26-46-60(12)47-48-97-105(93,94)104-106(95,96)103-78-68(82-64(16)86)70(88)73(65(49-83)99-78)100-77-67(81-63(15)85)71(89)74(75(102-77)76(91)92)101-79-72(90)69(87)66(61(13)98-79)80-62(14)84/h27,29,31,33,35,37,39,41,43,45,47,61,65-75,77-79,83,87-90H,17-26,28,30,32,34,36,38,40,42,44,46,48-49H2,1-16H3,(H,80,84)(H,81,85)(H,82,86)(H,91,92)(H,93,94)(H,95,96)/t61-,65-,66?,67+,68-,69+,70-,71-,72-,73-,74+,75+,77-,78-,79-/m1/s1. The van der Waals surface area contributed by atoms with Crippen LogP contribution in [0.2, 0.25) is 0 Å². The van der Waals surface area contributed by atoms with Crippen molar-refractivity contribution in [2.45, 2.75) is 331 Å². The van der Waals surface area contributed by atoms with E-state index in [1.807, 2.05) is 0 Å². The summed E-state index contributed by atoms with van der Waals surface area (Å²) in [5, 5.41) is 72.7. The first-order valence-electron chi connectivity index (χ1n) is 37.4. The van der Waals surface area contributed by atoms with Crippen molar-refractivity contribution in [1.82, 2.24) is 16.0 Å². The van der Waals surface area contributed by atoms with Crippen LogP contribution >= 0.6 is 15.6 Å². The summed E-state index contributed by atoms with van der Waals surface area (Å²) in [6.45, 7) is 29.0. The molecule has 0 aromatic heterocycles. The summed E-state index contributed by atoms with van der Waals surface area (Å²) >= 11 is 0. The number of phosphoric ester groups is 2. The van der Waals surface area contributed by atoms with Gasteiger partial charge in [-0.15, -0.1) is 0 Å². The van der Waals surface area contributed by atoms with Gasteiger partial charge in [0.15, 0.2) is 25.0 Å². The zero-order valence-corrected chi connectivity index (χ0v) is 67.5. The Hall–Kier alpha value is -5.12. The fourth-order valence-corrected chi connectivity index (χ4v) is 14.5. The first-order valence-corrected chi connectivity index (χ1v) is 40.3. The number of ether oxygens (including phenoxy) is 5. The Labute approximate surface area is 630 Å². The number of amides is 3. The molecule has 11 N–H and O–H groups in total. The minimum Gasteiger partial charge on any atom is -0.479 e. The Balaban J connectivity index is 1.40. The van der Waals surface area contributed by atoms with Gasteiger partial charge in [-0.3, -0.25) is 23.4 Å². The van der Waals surface area contributed by atoms with E-state index in [1.54, 1.807) is 6.92 Å². The molecule has 27 heteroatoms. The van der Waals surface area contributed by atoms with Crippen LogP contribution in [-0.4, -0.2) is 169 Å².